The number of halogens is 3. The van der Waals surface area contributed by atoms with Crippen molar-refractivity contribution in [2.24, 2.45) is 0 Å². The van der Waals surface area contributed by atoms with Crippen molar-refractivity contribution in [3.05, 3.63) is 35.4 Å². The van der Waals surface area contributed by atoms with Gasteiger partial charge in [-0.2, -0.15) is 13.2 Å². The van der Waals surface area contributed by atoms with Gasteiger partial charge in [0.2, 0.25) is 0 Å². The second kappa shape index (κ2) is 5.37. The first-order valence-corrected chi connectivity index (χ1v) is 6.58. The molecule has 5 heteroatoms. The molecule has 2 rings (SSSR count). The van der Waals surface area contributed by atoms with E-state index >= 15 is 0 Å². The highest BCUT2D eigenvalue weighted by Crippen LogP contribution is 2.37. The minimum atomic E-state index is -4.42. The Balaban J connectivity index is 2.15. The first kappa shape index (κ1) is 15.3. The summed E-state index contributed by atoms with van der Waals surface area (Å²) in [4.78, 5) is 0. The van der Waals surface area contributed by atoms with Crippen LogP contribution in [0, 0.1) is 0 Å². The van der Waals surface area contributed by atoms with Crippen LogP contribution in [0.2, 0.25) is 0 Å². The lowest BCUT2D eigenvalue weighted by Gasteiger charge is -2.23. The van der Waals surface area contributed by atoms with Crippen LogP contribution in [0.5, 0.6) is 0 Å². The van der Waals surface area contributed by atoms with Gasteiger partial charge in [-0.3, -0.25) is 0 Å². The van der Waals surface area contributed by atoms with E-state index in [2.05, 4.69) is 0 Å². The molecule has 1 saturated heterocycles. The summed E-state index contributed by atoms with van der Waals surface area (Å²) in [7, 11) is 0. The molecule has 0 saturated carbocycles. The monoisotopic (exact) mass is 288 g/mol. The van der Waals surface area contributed by atoms with Crippen LogP contribution in [-0.4, -0.2) is 25.5 Å². The van der Waals surface area contributed by atoms with Gasteiger partial charge in [-0.1, -0.05) is 45.0 Å². The van der Waals surface area contributed by atoms with Gasteiger partial charge in [-0.05, 0) is 16.5 Å². The summed E-state index contributed by atoms with van der Waals surface area (Å²) < 4.78 is 49.0. The Morgan fingerprint density at radius 1 is 1.20 bits per heavy atom. The Kier molecular flexibility index (Phi) is 4.12. The Bertz CT molecular complexity index is 442. The number of alkyl halides is 3. The first-order chi connectivity index (χ1) is 9.18. The van der Waals surface area contributed by atoms with E-state index in [1.165, 1.54) is 12.1 Å². The van der Waals surface area contributed by atoms with Gasteiger partial charge in [-0.15, -0.1) is 0 Å². The van der Waals surface area contributed by atoms with Gasteiger partial charge in [0, 0.05) is 0 Å². The van der Waals surface area contributed by atoms with Crippen molar-refractivity contribution in [3.63, 3.8) is 0 Å². The van der Waals surface area contributed by atoms with E-state index in [1.54, 1.807) is 12.1 Å². The largest absolute Gasteiger partial charge is 0.418 e. The second-order valence-corrected chi connectivity index (χ2v) is 6.08. The number of epoxide rings is 1. The van der Waals surface area contributed by atoms with Crippen LogP contribution in [0.4, 0.5) is 13.2 Å². The Morgan fingerprint density at radius 2 is 1.75 bits per heavy atom. The summed E-state index contributed by atoms with van der Waals surface area (Å²) in [5.41, 5.74) is 1.04. The van der Waals surface area contributed by atoms with Crippen molar-refractivity contribution in [2.45, 2.75) is 44.6 Å². The number of rotatable bonds is 4. The van der Waals surface area contributed by atoms with Gasteiger partial charge in [0.1, 0.15) is 6.10 Å². The molecule has 1 aliphatic heterocycles. The number of benzene rings is 1. The predicted octanol–water partition coefficient (Wildman–Crippen LogP) is 4.00. The number of ether oxygens (including phenoxy) is 2. The fourth-order valence-electron chi connectivity index (χ4n) is 1.91. The van der Waals surface area contributed by atoms with Crippen LogP contribution in [0.3, 0.4) is 0 Å². The van der Waals surface area contributed by atoms with Gasteiger partial charge < -0.3 is 9.47 Å². The van der Waals surface area contributed by atoms with Crippen molar-refractivity contribution < 1.29 is 22.6 Å². The minimum absolute atomic E-state index is 0.0226. The molecule has 2 nitrogen and oxygen atoms in total. The molecule has 112 valence electrons. The first-order valence-electron chi connectivity index (χ1n) is 6.58. The van der Waals surface area contributed by atoms with Crippen LogP contribution in [-0.2, 0) is 14.9 Å². The Labute approximate surface area is 116 Å². The van der Waals surface area contributed by atoms with Gasteiger partial charge >= 0.3 is 6.18 Å². The van der Waals surface area contributed by atoms with Crippen LogP contribution >= 0.6 is 0 Å². The molecule has 0 unspecified atom stereocenters. The fourth-order valence-corrected chi connectivity index (χ4v) is 1.91. The predicted molar refractivity (Wildman–Crippen MR) is 69.6 cm³/mol. The van der Waals surface area contributed by atoms with E-state index in [0.717, 1.165) is 5.56 Å². The van der Waals surface area contributed by atoms with Crippen molar-refractivity contribution in [2.75, 3.05) is 13.2 Å². The highest BCUT2D eigenvalue weighted by Gasteiger charge is 2.43. The van der Waals surface area contributed by atoms with Crippen molar-refractivity contribution in [1.82, 2.24) is 0 Å². The average molecular weight is 288 g/mol. The summed E-state index contributed by atoms with van der Waals surface area (Å²) in [6.07, 6.45) is -6.49. The van der Waals surface area contributed by atoms with Crippen molar-refractivity contribution >= 4 is 0 Å². The zero-order valence-electron chi connectivity index (χ0n) is 11.8. The normalized spacial score (nSPS) is 20.8. The molecule has 20 heavy (non-hydrogen) atoms. The molecular weight excluding hydrogens is 269 g/mol. The van der Waals surface area contributed by atoms with Gasteiger partial charge in [0.05, 0.1) is 13.2 Å². The third-order valence-electron chi connectivity index (χ3n) is 3.23. The molecule has 0 bridgehead atoms. The molecule has 1 aromatic carbocycles. The Morgan fingerprint density at radius 3 is 2.15 bits per heavy atom. The van der Waals surface area contributed by atoms with E-state index < -0.39 is 12.3 Å². The topological polar surface area (TPSA) is 21.8 Å². The van der Waals surface area contributed by atoms with Gasteiger partial charge in [0.15, 0.2) is 6.10 Å². The van der Waals surface area contributed by atoms with E-state index in [1.807, 2.05) is 20.8 Å². The van der Waals surface area contributed by atoms with E-state index in [-0.39, 0.29) is 23.7 Å². The summed E-state index contributed by atoms with van der Waals surface area (Å²) in [5, 5.41) is 0. The molecule has 1 heterocycles. The lowest BCUT2D eigenvalue weighted by Crippen LogP contribution is -2.25. The molecule has 0 aliphatic carbocycles. The smallest absolute Gasteiger partial charge is 0.371 e. The molecule has 0 aromatic heterocycles. The van der Waals surface area contributed by atoms with Crippen LogP contribution in [0.25, 0.3) is 0 Å². The lowest BCUT2D eigenvalue weighted by molar-refractivity contribution is -0.224. The minimum Gasteiger partial charge on any atom is -0.371 e. The summed E-state index contributed by atoms with van der Waals surface area (Å²) in [5.74, 6) is 0. The van der Waals surface area contributed by atoms with E-state index in [4.69, 9.17) is 9.47 Å². The third-order valence-corrected chi connectivity index (χ3v) is 3.23. The highest BCUT2D eigenvalue weighted by molar-refractivity contribution is 5.29. The molecule has 0 N–H and O–H groups in total. The van der Waals surface area contributed by atoms with Crippen LogP contribution in [0.1, 0.15) is 38.0 Å². The molecule has 1 fully saturated rings. The van der Waals surface area contributed by atoms with Crippen molar-refractivity contribution in [1.29, 1.82) is 0 Å². The standard InChI is InChI=1S/C15H19F3O2/c1-14(2,3)11-6-4-10(5-7-11)13(15(16,17)18)20-9-12-8-19-12/h4-7,12-13H,8-9H2,1-3H3/t12-,13+/m0/s1. The summed E-state index contributed by atoms with van der Waals surface area (Å²) >= 11 is 0. The van der Waals surface area contributed by atoms with Crippen LogP contribution in [0.15, 0.2) is 24.3 Å². The SMILES string of the molecule is CC(C)(C)c1ccc([C@@H](OC[C@@H]2CO2)C(F)(F)F)cc1. The zero-order chi connectivity index (χ0) is 15.0. The third kappa shape index (κ3) is 3.96. The maximum Gasteiger partial charge on any atom is 0.418 e. The number of hydrogen-bond acceptors (Lipinski definition) is 2. The van der Waals surface area contributed by atoms with E-state index in [9.17, 15) is 13.2 Å². The molecule has 1 aliphatic rings. The molecule has 0 radical (unpaired) electrons. The molecular formula is C15H19F3O2. The van der Waals surface area contributed by atoms with Gasteiger partial charge in [-0.25, -0.2) is 0 Å². The maximum atomic E-state index is 13.0. The molecule has 1 aromatic rings. The average Bonchev–Trinajstić information content (AvgIpc) is 3.11. The summed E-state index contributed by atoms with van der Waals surface area (Å²) in [6.45, 7) is 6.51. The quantitative estimate of drug-likeness (QED) is 0.781. The molecule has 2 atom stereocenters. The fraction of sp³-hybridized carbons (Fsp3) is 0.600. The number of hydrogen-bond donors (Lipinski definition) is 0. The second-order valence-electron chi connectivity index (χ2n) is 6.08. The van der Waals surface area contributed by atoms with Crippen molar-refractivity contribution in [3.8, 4) is 0 Å². The zero-order valence-corrected chi connectivity index (χ0v) is 11.8. The molecule has 0 spiro atoms. The van der Waals surface area contributed by atoms with E-state index in [0.29, 0.717) is 6.61 Å². The maximum absolute atomic E-state index is 13.0. The summed E-state index contributed by atoms with van der Waals surface area (Å²) in [6, 6.07) is 6.44. The van der Waals surface area contributed by atoms with Crippen LogP contribution < -0.4 is 0 Å². The Hall–Kier alpha value is -1.07. The lowest BCUT2D eigenvalue weighted by atomic mass is 9.86. The highest BCUT2D eigenvalue weighted by atomic mass is 19.4. The van der Waals surface area contributed by atoms with Gasteiger partial charge in [0.25, 0.3) is 0 Å². The molecule has 0 amide bonds.